The number of piperidine rings is 1. The number of sulfonamides is 1. The van der Waals surface area contributed by atoms with Gasteiger partial charge in [0.05, 0.1) is 18.5 Å². The summed E-state index contributed by atoms with van der Waals surface area (Å²) in [5, 5.41) is 3.27. The molecule has 0 aliphatic carbocycles. The van der Waals surface area contributed by atoms with Gasteiger partial charge in [0.2, 0.25) is 10.0 Å². The number of hydrogen-bond donors (Lipinski definition) is 2. The highest BCUT2D eigenvalue weighted by Gasteiger charge is 2.14. The predicted octanol–water partition coefficient (Wildman–Crippen LogP) is 0.875. The van der Waals surface area contributed by atoms with Crippen LogP contribution in [0.5, 0.6) is 0 Å². The molecule has 112 valence electrons. The predicted molar refractivity (Wildman–Crippen MR) is 78.9 cm³/mol. The minimum atomic E-state index is -3.28. The Hall–Kier alpha value is -0.950. The molecule has 1 saturated heterocycles. The molecule has 6 heteroatoms. The van der Waals surface area contributed by atoms with Gasteiger partial charge in [-0.1, -0.05) is 30.3 Å². The summed E-state index contributed by atoms with van der Waals surface area (Å²) in [5.74, 6) is 0.0151. The molecule has 0 radical (unpaired) electrons. The molecule has 1 heterocycles. The van der Waals surface area contributed by atoms with Crippen molar-refractivity contribution in [3.8, 4) is 0 Å². The lowest BCUT2D eigenvalue weighted by Crippen LogP contribution is -2.35. The molecule has 5 nitrogen and oxygen atoms in total. The van der Waals surface area contributed by atoms with E-state index in [1.807, 2.05) is 30.3 Å². The van der Waals surface area contributed by atoms with Crippen LogP contribution in [0.3, 0.4) is 0 Å². The summed E-state index contributed by atoms with van der Waals surface area (Å²) in [5.41, 5.74) is 0.791. The molecule has 1 aliphatic rings. The molecule has 0 atom stereocenters. The van der Waals surface area contributed by atoms with Crippen LogP contribution in [0, 0.1) is 0 Å². The first-order chi connectivity index (χ1) is 9.66. The van der Waals surface area contributed by atoms with Gasteiger partial charge in [-0.3, -0.25) is 0 Å². The zero-order valence-corrected chi connectivity index (χ0v) is 12.4. The molecular weight excluding hydrogens is 276 g/mol. The molecule has 1 aromatic carbocycles. The fourth-order valence-corrected chi connectivity index (χ4v) is 3.36. The summed E-state index contributed by atoms with van der Waals surface area (Å²) in [6, 6.07) is 9.17. The first kappa shape index (κ1) is 15.4. The van der Waals surface area contributed by atoms with Gasteiger partial charge in [0.25, 0.3) is 0 Å². The number of nitrogens with one attached hydrogen (secondary N) is 2. The molecule has 0 spiro atoms. The van der Waals surface area contributed by atoms with Gasteiger partial charge in [0, 0.05) is 6.54 Å². The SMILES string of the molecule is O=S(=O)(Cc1ccccc1)NCCOC1CCNCC1. The maximum absolute atomic E-state index is 11.9. The molecule has 0 amide bonds. The summed E-state index contributed by atoms with van der Waals surface area (Å²) in [7, 11) is -3.28. The maximum atomic E-state index is 11.9. The third-order valence-corrected chi connectivity index (χ3v) is 4.62. The third kappa shape index (κ3) is 5.58. The number of ether oxygens (including phenoxy) is 1. The largest absolute Gasteiger partial charge is 0.377 e. The van der Waals surface area contributed by atoms with Crippen LogP contribution in [0.25, 0.3) is 0 Å². The molecule has 20 heavy (non-hydrogen) atoms. The highest BCUT2D eigenvalue weighted by Crippen LogP contribution is 2.07. The van der Waals surface area contributed by atoms with E-state index in [1.165, 1.54) is 0 Å². The van der Waals surface area contributed by atoms with Crippen molar-refractivity contribution < 1.29 is 13.2 Å². The molecule has 1 aromatic rings. The Labute approximate surface area is 120 Å². The molecule has 2 N–H and O–H groups in total. The van der Waals surface area contributed by atoms with Crippen LogP contribution in [0.2, 0.25) is 0 Å². The van der Waals surface area contributed by atoms with Crippen LogP contribution in [0.15, 0.2) is 30.3 Å². The van der Waals surface area contributed by atoms with Gasteiger partial charge in [0.15, 0.2) is 0 Å². The lowest BCUT2D eigenvalue weighted by molar-refractivity contribution is 0.0366. The van der Waals surface area contributed by atoms with Gasteiger partial charge in [-0.2, -0.15) is 0 Å². The minimum absolute atomic E-state index is 0.0151. The van der Waals surface area contributed by atoms with E-state index in [-0.39, 0.29) is 11.9 Å². The van der Waals surface area contributed by atoms with Crippen molar-refractivity contribution in [3.63, 3.8) is 0 Å². The van der Waals surface area contributed by atoms with Crippen LogP contribution < -0.4 is 10.0 Å². The van der Waals surface area contributed by atoms with E-state index >= 15 is 0 Å². The average molecular weight is 298 g/mol. The van der Waals surface area contributed by atoms with E-state index in [0.29, 0.717) is 13.2 Å². The van der Waals surface area contributed by atoms with Gasteiger partial charge in [-0.25, -0.2) is 13.1 Å². The average Bonchev–Trinajstić information content (AvgIpc) is 2.45. The summed E-state index contributed by atoms with van der Waals surface area (Å²) >= 11 is 0. The Morgan fingerprint density at radius 1 is 1.20 bits per heavy atom. The van der Waals surface area contributed by atoms with Crippen LogP contribution >= 0.6 is 0 Å². The van der Waals surface area contributed by atoms with E-state index in [2.05, 4.69) is 10.0 Å². The Balaban J connectivity index is 1.67. The topological polar surface area (TPSA) is 67.4 Å². The number of benzene rings is 1. The summed E-state index contributed by atoms with van der Waals surface area (Å²) in [6.07, 6.45) is 2.25. The fraction of sp³-hybridized carbons (Fsp3) is 0.571. The first-order valence-corrected chi connectivity index (χ1v) is 8.64. The molecule has 2 rings (SSSR count). The lowest BCUT2D eigenvalue weighted by Gasteiger charge is -2.22. The molecule has 0 saturated carbocycles. The lowest BCUT2D eigenvalue weighted by atomic mass is 10.1. The molecule has 0 unspecified atom stereocenters. The van der Waals surface area contributed by atoms with Crippen LogP contribution in [-0.4, -0.2) is 40.8 Å². The van der Waals surface area contributed by atoms with E-state index in [9.17, 15) is 8.42 Å². The van der Waals surface area contributed by atoms with Crippen LogP contribution in [0.1, 0.15) is 18.4 Å². The van der Waals surface area contributed by atoms with Gasteiger partial charge in [-0.15, -0.1) is 0 Å². The molecular formula is C14H22N2O3S. The first-order valence-electron chi connectivity index (χ1n) is 6.99. The second-order valence-corrected chi connectivity index (χ2v) is 6.77. The maximum Gasteiger partial charge on any atom is 0.215 e. The molecule has 1 fully saturated rings. The van der Waals surface area contributed by atoms with E-state index in [1.54, 1.807) is 0 Å². The van der Waals surface area contributed by atoms with E-state index in [4.69, 9.17) is 4.74 Å². The standard InChI is InChI=1S/C14H22N2O3S/c17-20(18,12-13-4-2-1-3-5-13)16-10-11-19-14-6-8-15-9-7-14/h1-5,14-16H,6-12H2. The van der Waals surface area contributed by atoms with Gasteiger partial charge in [0.1, 0.15) is 0 Å². The Morgan fingerprint density at radius 2 is 1.90 bits per heavy atom. The zero-order valence-electron chi connectivity index (χ0n) is 11.5. The highest BCUT2D eigenvalue weighted by atomic mass is 32.2. The van der Waals surface area contributed by atoms with Crippen molar-refractivity contribution in [2.75, 3.05) is 26.2 Å². The quantitative estimate of drug-likeness (QED) is 0.733. The number of rotatable bonds is 7. The van der Waals surface area contributed by atoms with E-state index in [0.717, 1.165) is 31.5 Å². The molecule has 1 aliphatic heterocycles. The second-order valence-electron chi connectivity index (χ2n) is 4.96. The molecule has 0 bridgehead atoms. The van der Waals surface area contributed by atoms with Crippen molar-refractivity contribution in [2.45, 2.75) is 24.7 Å². The zero-order chi connectivity index (χ0) is 14.3. The number of hydrogen-bond acceptors (Lipinski definition) is 4. The Bertz CT molecular complexity index is 484. The van der Waals surface area contributed by atoms with Gasteiger partial charge in [-0.05, 0) is 31.5 Å². The Kier molecular flexibility index (Phi) is 5.97. The fourth-order valence-electron chi connectivity index (χ4n) is 2.23. The minimum Gasteiger partial charge on any atom is -0.377 e. The van der Waals surface area contributed by atoms with Crippen molar-refractivity contribution in [2.24, 2.45) is 0 Å². The van der Waals surface area contributed by atoms with Crippen molar-refractivity contribution in [3.05, 3.63) is 35.9 Å². The normalized spacial score (nSPS) is 17.2. The van der Waals surface area contributed by atoms with E-state index < -0.39 is 10.0 Å². The summed E-state index contributed by atoms with van der Waals surface area (Å²) in [4.78, 5) is 0. The smallest absolute Gasteiger partial charge is 0.215 e. The van der Waals surface area contributed by atoms with Crippen LogP contribution in [-0.2, 0) is 20.5 Å². The summed E-state index contributed by atoms with van der Waals surface area (Å²) < 4.78 is 32.0. The van der Waals surface area contributed by atoms with Crippen molar-refractivity contribution >= 4 is 10.0 Å². The second kappa shape index (κ2) is 7.73. The van der Waals surface area contributed by atoms with Crippen molar-refractivity contribution in [1.82, 2.24) is 10.0 Å². The highest BCUT2D eigenvalue weighted by molar-refractivity contribution is 7.88. The van der Waals surface area contributed by atoms with Crippen molar-refractivity contribution in [1.29, 1.82) is 0 Å². The van der Waals surface area contributed by atoms with Gasteiger partial charge < -0.3 is 10.1 Å². The van der Waals surface area contributed by atoms with Crippen LogP contribution in [0.4, 0.5) is 0 Å². The third-order valence-electron chi connectivity index (χ3n) is 3.26. The monoisotopic (exact) mass is 298 g/mol. The molecule has 0 aromatic heterocycles. The Morgan fingerprint density at radius 3 is 2.60 bits per heavy atom. The van der Waals surface area contributed by atoms with Gasteiger partial charge >= 0.3 is 0 Å². The summed E-state index contributed by atoms with van der Waals surface area (Å²) in [6.45, 7) is 2.71.